The first-order valence-corrected chi connectivity index (χ1v) is 8.93. The molecule has 0 aliphatic rings. The molecule has 0 amide bonds. The third-order valence-electron chi connectivity index (χ3n) is 4.20. The summed E-state index contributed by atoms with van der Waals surface area (Å²) >= 11 is 0. The maximum atomic E-state index is 11.0. The van der Waals surface area contributed by atoms with Crippen molar-refractivity contribution < 1.29 is 19.4 Å². The minimum Gasteiger partial charge on any atom is -0.490 e. The van der Waals surface area contributed by atoms with Gasteiger partial charge >= 0.3 is 5.97 Å². The minimum atomic E-state index is -0.790. The van der Waals surface area contributed by atoms with Crippen LogP contribution >= 0.6 is 0 Å². The minimum absolute atomic E-state index is 0.130. The Bertz CT molecular complexity index is 714. The quantitative estimate of drug-likeness (QED) is 0.696. The molecule has 140 valence electrons. The molecule has 0 heterocycles. The molecule has 0 saturated carbocycles. The molecule has 2 aromatic rings. The molecule has 0 bridgehead atoms. The van der Waals surface area contributed by atoms with Crippen molar-refractivity contribution in [2.45, 2.75) is 39.5 Å². The predicted molar refractivity (Wildman–Crippen MR) is 103 cm³/mol. The SMILES string of the molecule is CC(Cc1cccc(OCCOc2ccc(C(C)(C)C)cc2)c1)C(=O)O. The molecule has 0 spiro atoms. The largest absolute Gasteiger partial charge is 0.490 e. The Morgan fingerprint density at radius 2 is 1.62 bits per heavy atom. The number of hydrogen-bond acceptors (Lipinski definition) is 3. The second-order valence-electron chi connectivity index (χ2n) is 7.56. The fourth-order valence-corrected chi connectivity index (χ4v) is 2.57. The highest BCUT2D eigenvalue weighted by molar-refractivity contribution is 5.69. The molecule has 1 N–H and O–H groups in total. The van der Waals surface area contributed by atoms with Gasteiger partial charge in [-0.15, -0.1) is 0 Å². The Morgan fingerprint density at radius 3 is 2.19 bits per heavy atom. The summed E-state index contributed by atoms with van der Waals surface area (Å²) in [4.78, 5) is 11.0. The molecular formula is C22H28O4. The van der Waals surface area contributed by atoms with Crippen LogP contribution in [0.15, 0.2) is 48.5 Å². The first kappa shape index (κ1) is 19.8. The van der Waals surface area contributed by atoms with Crippen LogP contribution in [0.2, 0.25) is 0 Å². The summed E-state index contributed by atoms with van der Waals surface area (Å²) in [6.07, 6.45) is 0.489. The summed E-state index contributed by atoms with van der Waals surface area (Å²) in [6, 6.07) is 15.7. The third kappa shape index (κ3) is 6.10. The Balaban J connectivity index is 1.80. The average molecular weight is 356 g/mol. The average Bonchev–Trinajstić information content (AvgIpc) is 2.58. The predicted octanol–water partition coefficient (Wildman–Crippen LogP) is 4.71. The fraction of sp³-hybridized carbons (Fsp3) is 0.409. The van der Waals surface area contributed by atoms with Crippen LogP contribution in [0.1, 0.15) is 38.8 Å². The van der Waals surface area contributed by atoms with E-state index in [1.54, 1.807) is 6.92 Å². The van der Waals surface area contributed by atoms with E-state index in [4.69, 9.17) is 14.6 Å². The zero-order chi connectivity index (χ0) is 19.2. The first-order chi connectivity index (χ1) is 12.3. The van der Waals surface area contributed by atoms with Crippen LogP contribution in [0, 0.1) is 5.92 Å². The van der Waals surface area contributed by atoms with Gasteiger partial charge in [-0.05, 0) is 47.2 Å². The van der Waals surface area contributed by atoms with E-state index in [9.17, 15) is 4.79 Å². The van der Waals surface area contributed by atoms with Crippen molar-refractivity contribution in [3.63, 3.8) is 0 Å². The second-order valence-corrected chi connectivity index (χ2v) is 7.56. The normalized spacial score (nSPS) is 12.5. The number of rotatable bonds is 8. The van der Waals surface area contributed by atoms with Crippen molar-refractivity contribution in [1.29, 1.82) is 0 Å². The molecule has 2 aromatic carbocycles. The van der Waals surface area contributed by atoms with Crippen molar-refractivity contribution >= 4 is 5.97 Å². The molecule has 2 rings (SSSR count). The van der Waals surface area contributed by atoms with E-state index >= 15 is 0 Å². The second kappa shape index (κ2) is 8.75. The molecule has 0 fully saturated rings. The van der Waals surface area contributed by atoms with Gasteiger partial charge in [-0.3, -0.25) is 4.79 Å². The zero-order valence-corrected chi connectivity index (χ0v) is 16.0. The Kier molecular flexibility index (Phi) is 6.67. The molecular weight excluding hydrogens is 328 g/mol. The third-order valence-corrected chi connectivity index (χ3v) is 4.20. The lowest BCUT2D eigenvalue weighted by molar-refractivity contribution is -0.141. The number of aliphatic carboxylic acids is 1. The first-order valence-electron chi connectivity index (χ1n) is 8.93. The van der Waals surface area contributed by atoms with Crippen molar-refractivity contribution in [2.24, 2.45) is 5.92 Å². The molecule has 0 radical (unpaired) electrons. The van der Waals surface area contributed by atoms with Gasteiger partial charge in [0.1, 0.15) is 24.7 Å². The number of benzene rings is 2. The molecule has 0 saturated heterocycles. The van der Waals surface area contributed by atoms with Gasteiger partial charge in [0.2, 0.25) is 0 Å². The van der Waals surface area contributed by atoms with Gasteiger partial charge in [0.25, 0.3) is 0 Å². The number of carboxylic acids is 1. The molecule has 1 atom stereocenters. The number of ether oxygens (including phenoxy) is 2. The standard InChI is InChI=1S/C22H28O4/c1-16(21(23)24)14-17-6-5-7-20(15-17)26-13-12-25-19-10-8-18(9-11-19)22(2,3)4/h5-11,15-16H,12-14H2,1-4H3,(H,23,24). The maximum Gasteiger partial charge on any atom is 0.306 e. The molecule has 4 heteroatoms. The number of carbonyl (C=O) groups is 1. The summed E-state index contributed by atoms with van der Waals surface area (Å²) in [6.45, 7) is 9.13. The summed E-state index contributed by atoms with van der Waals surface area (Å²) in [5.74, 6) is 0.351. The molecule has 4 nitrogen and oxygen atoms in total. The highest BCUT2D eigenvalue weighted by Gasteiger charge is 2.13. The van der Waals surface area contributed by atoms with Gasteiger partial charge < -0.3 is 14.6 Å². The van der Waals surface area contributed by atoms with E-state index < -0.39 is 11.9 Å². The summed E-state index contributed by atoms with van der Waals surface area (Å²) in [5.41, 5.74) is 2.36. The van der Waals surface area contributed by atoms with E-state index in [0.29, 0.717) is 19.6 Å². The van der Waals surface area contributed by atoms with Gasteiger partial charge in [-0.2, -0.15) is 0 Å². The van der Waals surface area contributed by atoms with Gasteiger partial charge in [0.15, 0.2) is 0 Å². The van der Waals surface area contributed by atoms with Gasteiger partial charge in [0.05, 0.1) is 5.92 Å². The highest BCUT2D eigenvalue weighted by Crippen LogP contribution is 2.24. The van der Waals surface area contributed by atoms with E-state index in [1.165, 1.54) is 5.56 Å². The lowest BCUT2D eigenvalue weighted by Crippen LogP contribution is -2.13. The Hall–Kier alpha value is -2.49. The van der Waals surface area contributed by atoms with Gasteiger partial charge in [-0.1, -0.05) is 52.0 Å². The molecule has 26 heavy (non-hydrogen) atoms. The van der Waals surface area contributed by atoms with Crippen LogP contribution in [-0.4, -0.2) is 24.3 Å². The van der Waals surface area contributed by atoms with Gasteiger partial charge in [0, 0.05) is 0 Å². The Morgan fingerprint density at radius 1 is 1.00 bits per heavy atom. The topological polar surface area (TPSA) is 55.8 Å². The smallest absolute Gasteiger partial charge is 0.306 e. The highest BCUT2D eigenvalue weighted by atomic mass is 16.5. The van der Waals surface area contributed by atoms with Crippen molar-refractivity contribution in [3.8, 4) is 11.5 Å². The zero-order valence-electron chi connectivity index (χ0n) is 16.0. The van der Waals surface area contributed by atoms with E-state index in [1.807, 2.05) is 36.4 Å². The Labute approximate surface area is 155 Å². The van der Waals surface area contributed by atoms with E-state index in [2.05, 4.69) is 32.9 Å². The summed E-state index contributed by atoms with van der Waals surface area (Å²) in [7, 11) is 0. The lowest BCUT2D eigenvalue weighted by Gasteiger charge is -2.19. The van der Waals surface area contributed by atoms with Crippen LogP contribution < -0.4 is 9.47 Å². The molecule has 0 aliphatic heterocycles. The van der Waals surface area contributed by atoms with Crippen LogP contribution in [0.5, 0.6) is 11.5 Å². The van der Waals surface area contributed by atoms with Crippen LogP contribution in [-0.2, 0) is 16.6 Å². The molecule has 0 aliphatic carbocycles. The molecule has 0 aromatic heterocycles. The van der Waals surface area contributed by atoms with Gasteiger partial charge in [-0.25, -0.2) is 0 Å². The van der Waals surface area contributed by atoms with Crippen LogP contribution in [0.3, 0.4) is 0 Å². The number of carboxylic acid groups (broad SMARTS) is 1. The van der Waals surface area contributed by atoms with Crippen LogP contribution in [0.25, 0.3) is 0 Å². The van der Waals surface area contributed by atoms with Crippen molar-refractivity contribution in [1.82, 2.24) is 0 Å². The van der Waals surface area contributed by atoms with E-state index in [0.717, 1.165) is 17.1 Å². The number of hydrogen-bond donors (Lipinski definition) is 1. The summed E-state index contributed by atoms with van der Waals surface area (Å²) in [5, 5.41) is 9.01. The lowest BCUT2D eigenvalue weighted by atomic mass is 9.87. The summed E-state index contributed by atoms with van der Waals surface area (Å²) < 4.78 is 11.4. The van der Waals surface area contributed by atoms with E-state index in [-0.39, 0.29) is 5.41 Å². The molecule has 1 unspecified atom stereocenters. The van der Waals surface area contributed by atoms with Crippen molar-refractivity contribution in [2.75, 3.05) is 13.2 Å². The van der Waals surface area contributed by atoms with Crippen molar-refractivity contribution in [3.05, 3.63) is 59.7 Å². The monoisotopic (exact) mass is 356 g/mol. The fourth-order valence-electron chi connectivity index (χ4n) is 2.57. The maximum absolute atomic E-state index is 11.0. The van der Waals surface area contributed by atoms with Crippen LogP contribution in [0.4, 0.5) is 0 Å².